The lowest BCUT2D eigenvalue weighted by Gasteiger charge is -2.08. The molecule has 0 atom stereocenters. The Morgan fingerprint density at radius 1 is 1.25 bits per heavy atom. The highest BCUT2D eigenvalue weighted by molar-refractivity contribution is 7.20. The van der Waals surface area contributed by atoms with Gasteiger partial charge in [-0.25, -0.2) is 9.78 Å². The van der Waals surface area contributed by atoms with E-state index in [0.29, 0.717) is 35.5 Å². The van der Waals surface area contributed by atoms with Crippen molar-refractivity contribution >= 4 is 38.4 Å². The van der Waals surface area contributed by atoms with Gasteiger partial charge in [0.25, 0.3) is 11.5 Å². The Morgan fingerprint density at radius 2 is 2.07 bits per heavy atom. The van der Waals surface area contributed by atoms with Gasteiger partial charge in [-0.15, -0.1) is 11.3 Å². The highest BCUT2D eigenvalue weighted by Crippen LogP contribution is 2.21. The van der Waals surface area contributed by atoms with Gasteiger partial charge in [-0.1, -0.05) is 12.1 Å². The molecule has 0 aliphatic rings. The molecule has 0 saturated carbocycles. The number of nitrogens with one attached hydrogen (secondary N) is 1. The van der Waals surface area contributed by atoms with Crippen LogP contribution in [-0.4, -0.2) is 22.0 Å². The van der Waals surface area contributed by atoms with Gasteiger partial charge < -0.3 is 14.3 Å². The second-order valence-electron chi connectivity index (χ2n) is 6.40. The second-order valence-corrected chi connectivity index (χ2v) is 7.43. The number of nitrogens with zero attached hydrogens (tertiary/aromatic N) is 2. The molecule has 0 radical (unpaired) electrons. The van der Waals surface area contributed by atoms with Gasteiger partial charge in [-0.05, 0) is 37.1 Å². The zero-order valence-corrected chi connectivity index (χ0v) is 15.9. The molecule has 0 aliphatic carbocycles. The van der Waals surface area contributed by atoms with E-state index < -0.39 is 5.63 Å². The van der Waals surface area contributed by atoms with E-state index in [1.807, 2.05) is 24.3 Å². The average molecular weight is 395 g/mol. The zero-order valence-electron chi connectivity index (χ0n) is 15.1. The molecule has 0 saturated heterocycles. The molecule has 0 aliphatic heterocycles. The van der Waals surface area contributed by atoms with E-state index in [1.165, 1.54) is 17.4 Å². The first-order chi connectivity index (χ1) is 13.5. The minimum absolute atomic E-state index is 0.212. The summed E-state index contributed by atoms with van der Waals surface area (Å²) in [5.74, 6) is -0.218. The highest BCUT2D eigenvalue weighted by Gasteiger charge is 2.12. The van der Waals surface area contributed by atoms with Crippen molar-refractivity contribution in [2.45, 2.75) is 19.9 Å². The molecule has 3 heterocycles. The van der Waals surface area contributed by atoms with E-state index in [1.54, 1.807) is 23.8 Å². The van der Waals surface area contributed by atoms with Crippen LogP contribution in [0.3, 0.4) is 0 Å². The van der Waals surface area contributed by atoms with Crippen molar-refractivity contribution in [2.75, 3.05) is 6.54 Å². The maximum Gasteiger partial charge on any atom is 0.336 e. The van der Waals surface area contributed by atoms with Crippen molar-refractivity contribution in [2.24, 2.45) is 0 Å². The summed E-state index contributed by atoms with van der Waals surface area (Å²) in [6.07, 6.45) is 2.18. The van der Waals surface area contributed by atoms with Gasteiger partial charge in [0.05, 0.1) is 15.6 Å². The monoisotopic (exact) mass is 395 g/mol. The van der Waals surface area contributed by atoms with Crippen LogP contribution in [0, 0.1) is 6.92 Å². The minimum atomic E-state index is -0.472. The number of carbonyl (C=O) groups excluding carboxylic acids is 1. The SMILES string of the molecule is Cc1cc(=O)oc2ccn(CCCNC(=O)c3nc4ccccc4s3)c(=O)c12. The zero-order chi connectivity index (χ0) is 19.7. The Labute approximate surface area is 163 Å². The predicted molar refractivity (Wildman–Crippen MR) is 108 cm³/mol. The van der Waals surface area contributed by atoms with Crippen molar-refractivity contribution in [3.63, 3.8) is 0 Å². The van der Waals surface area contributed by atoms with E-state index >= 15 is 0 Å². The molecule has 4 aromatic rings. The number of fused-ring (bicyclic) bond motifs is 2. The fourth-order valence-electron chi connectivity index (χ4n) is 3.06. The highest BCUT2D eigenvalue weighted by atomic mass is 32.1. The number of thiazole rings is 1. The Bertz CT molecular complexity index is 1270. The van der Waals surface area contributed by atoms with Crippen molar-refractivity contribution in [3.05, 3.63) is 73.9 Å². The number of aromatic nitrogens is 2. The molecule has 28 heavy (non-hydrogen) atoms. The number of amides is 1. The van der Waals surface area contributed by atoms with E-state index in [9.17, 15) is 14.4 Å². The molecule has 0 unspecified atom stereocenters. The summed E-state index contributed by atoms with van der Waals surface area (Å²) >= 11 is 1.35. The molecule has 0 bridgehead atoms. The van der Waals surface area contributed by atoms with Crippen molar-refractivity contribution in [1.29, 1.82) is 0 Å². The summed E-state index contributed by atoms with van der Waals surface area (Å²) in [4.78, 5) is 40.6. The lowest BCUT2D eigenvalue weighted by atomic mass is 10.2. The lowest BCUT2D eigenvalue weighted by Crippen LogP contribution is -2.27. The van der Waals surface area contributed by atoms with Crippen molar-refractivity contribution in [1.82, 2.24) is 14.9 Å². The molecular weight excluding hydrogens is 378 g/mol. The summed E-state index contributed by atoms with van der Waals surface area (Å²) < 4.78 is 7.60. The molecule has 7 nitrogen and oxygen atoms in total. The summed E-state index contributed by atoms with van der Waals surface area (Å²) in [7, 11) is 0. The van der Waals surface area contributed by atoms with Gasteiger partial charge in [0.1, 0.15) is 5.58 Å². The number of benzene rings is 1. The van der Waals surface area contributed by atoms with Crippen LogP contribution in [0.25, 0.3) is 21.2 Å². The van der Waals surface area contributed by atoms with Crippen molar-refractivity contribution < 1.29 is 9.21 Å². The first kappa shape index (κ1) is 18.1. The maximum absolute atomic E-state index is 12.6. The van der Waals surface area contributed by atoms with Crippen LogP contribution >= 0.6 is 11.3 Å². The van der Waals surface area contributed by atoms with Crippen LogP contribution in [0.4, 0.5) is 0 Å². The normalized spacial score (nSPS) is 11.2. The van der Waals surface area contributed by atoms with Crippen LogP contribution < -0.4 is 16.5 Å². The number of hydrogen-bond acceptors (Lipinski definition) is 6. The number of pyridine rings is 1. The molecule has 0 spiro atoms. The molecule has 1 aromatic carbocycles. The predicted octanol–water partition coefficient (Wildman–Crippen LogP) is 2.69. The van der Waals surface area contributed by atoms with Gasteiger partial charge >= 0.3 is 5.63 Å². The van der Waals surface area contributed by atoms with Crippen LogP contribution in [-0.2, 0) is 6.54 Å². The van der Waals surface area contributed by atoms with Crippen LogP contribution in [0.2, 0.25) is 0 Å². The number of aryl methyl sites for hydroxylation is 2. The van der Waals surface area contributed by atoms with E-state index in [4.69, 9.17) is 4.42 Å². The fraction of sp³-hybridized carbons (Fsp3) is 0.200. The van der Waals surface area contributed by atoms with Gasteiger partial charge in [-0.3, -0.25) is 9.59 Å². The second kappa shape index (κ2) is 7.40. The molecule has 8 heteroatoms. The molecule has 1 amide bonds. The summed E-state index contributed by atoms with van der Waals surface area (Å²) in [6.45, 7) is 2.57. The summed E-state index contributed by atoms with van der Waals surface area (Å²) in [5, 5.41) is 3.67. The quantitative estimate of drug-likeness (QED) is 0.524. The fourth-order valence-corrected chi connectivity index (χ4v) is 3.95. The van der Waals surface area contributed by atoms with E-state index in [2.05, 4.69) is 10.3 Å². The number of hydrogen-bond donors (Lipinski definition) is 1. The van der Waals surface area contributed by atoms with Gasteiger partial charge in [-0.2, -0.15) is 0 Å². The van der Waals surface area contributed by atoms with Gasteiger partial charge in [0.2, 0.25) is 0 Å². The first-order valence-electron chi connectivity index (χ1n) is 8.80. The van der Waals surface area contributed by atoms with Crippen LogP contribution in [0.5, 0.6) is 0 Å². The average Bonchev–Trinajstić information content (AvgIpc) is 3.10. The van der Waals surface area contributed by atoms with Crippen molar-refractivity contribution in [3.8, 4) is 0 Å². The molecule has 142 valence electrons. The Hall–Kier alpha value is -3.26. The number of rotatable bonds is 5. The lowest BCUT2D eigenvalue weighted by molar-refractivity contribution is 0.0952. The third-order valence-electron chi connectivity index (χ3n) is 4.42. The molecule has 0 fully saturated rings. The Balaban J connectivity index is 1.41. The smallest absolute Gasteiger partial charge is 0.336 e. The largest absolute Gasteiger partial charge is 0.422 e. The molecule has 1 N–H and O–H groups in total. The number of carbonyl (C=O) groups is 1. The third kappa shape index (κ3) is 3.46. The summed E-state index contributed by atoms with van der Waals surface area (Å²) in [6, 6.07) is 10.5. The number of para-hydroxylation sites is 1. The third-order valence-corrected chi connectivity index (χ3v) is 5.45. The van der Waals surface area contributed by atoms with E-state index in [-0.39, 0.29) is 17.0 Å². The standard InChI is InChI=1S/C20H17N3O4S/c1-12-11-16(24)27-14-7-10-23(20(26)17(12)14)9-4-8-21-18(25)19-22-13-5-2-3-6-15(13)28-19/h2-3,5-7,10-11H,4,8-9H2,1H3,(H,21,25). The Kier molecular flexibility index (Phi) is 4.79. The van der Waals surface area contributed by atoms with Gasteiger partial charge in [0.15, 0.2) is 5.01 Å². The maximum atomic E-state index is 12.6. The molecular formula is C20H17N3O4S. The topological polar surface area (TPSA) is 94.2 Å². The van der Waals surface area contributed by atoms with Crippen LogP contribution in [0.1, 0.15) is 21.8 Å². The van der Waals surface area contributed by atoms with Gasteiger partial charge in [0, 0.05) is 25.4 Å². The molecule has 4 rings (SSSR count). The van der Waals surface area contributed by atoms with Crippen LogP contribution in [0.15, 0.2) is 56.6 Å². The minimum Gasteiger partial charge on any atom is -0.422 e. The Morgan fingerprint density at radius 3 is 2.89 bits per heavy atom. The summed E-state index contributed by atoms with van der Waals surface area (Å²) in [5.41, 5.74) is 1.00. The first-order valence-corrected chi connectivity index (χ1v) is 9.62. The molecule has 3 aromatic heterocycles. The van der Waals surface area contributed by atoms with E-state index in [0.717, 1.165) is 10.2 Å².